The fourth-order valence-corrected chi connectivity index (χ4v) is 1.91. The van der Waals surface area contributed by atoms with Gasteiger partial charge in [-0.2, -0.15) is 0 Å². The predicted octanol–water partition coefficient (Wildman–Crippen LogP) is 3.99. The first-order valence-corrected chi connectivity index (χ1v) is 7.70. The number of nitrogens with zero attached hydrogens (tertiary/aromatic N) is 2. The molecule has 0 bridgehead atoms. The Morgan fingerprint density at radius 1 is 0.727 bits per heavy atom. The molecule has 0 amide bonds. The van der Waals surface area contributed by atoms with E-state index < -0.39 is 0 Å². The summed E-state index contributed by atoms with van der Waals surface area (Å²) in [6.07, 6.45) is 0.389. The van der Waals surface area contributed by atoms with Gasteiger partial charge in [-0.3, -0.25) is 0 Å². The first-order valence-electron chi connectivity index (χ1n) is 7.70. The van der Waals surface area contributed by atoms with Gasteiger partial charge in [-0.05, 0) is 52.0 Å². The first kappa shape index (κ1) is 16.6. The van der Waals surface area contributed by atoms with Crippen LogP contribution in [0.5, 0.6) is 0 Å². The fourth-order valence-electron chi connectivity index (χ4n) is 1.91. The summed E-state index contributed by atoms with van der Waals surface area (Å²) in [5, 5.41) is 0. The third-order valence-electron chi connectivity index (χ3n) is 3.01. The average molecular weight is 300 g/mol. The SMILES string of the molecule is CC(C)OCc1cccc(-c2cccc(COC(C)C)n2)n1. The van der Waals surface area contributed by atoms with Crippen molar-refractivity contribution in [3.63, 3.8) is 0 Å². The maximum absolute atomic E-state index is 5.60. The Bertz CT molecular complexity index is 544. The molecule has 4 nitrogen and oxygen atoms in total. The summed E-state index contributed by atoms with van der Waals surface area (Å²) in [6, 6.07) is 11.8. The van der Waals surface area contributed by atoms with Crippen LogP contribution in [-0.2, 0) is 22.7 Å². The molecule has 4 heteroatoms. The molecule has 0 N–H and O–H groups in total. The maximum atomic E-state index is 5.60. The van der Waals surface area contributed by atoms with E-state index in [2.05, 4.69) is 9.97 Å². The Labute approximate surface area is 132 Å². The minimum atomic E-state index is 0.195. The monoisotopic (exact) mass is 300 g/mol. The summed E-state index contributed by atoms with van der Waals surface area (Å²) in [6.45, 7) is 9.10. The molecule has 2 rings (SSSR count). The van der Waals surface area contributed by atoms with Gasteiger partial charge in [0.1, 0.15) is 0 Å². The Hall–Kier alpha value is -1.78. The zero-order chi connectivity index (χ0) is 15.9. The van der Waals surface area contributed by atoms with Crippen LogP contribution in [0.4, 0.5) is 0 Å². The van der Waals surface area contributed by atoms with Crippen molar-refractivity contribution in [1.82, 2.24) is 9.97 Å². The molecule has 22 heavy (non-hydrogen) atoms. The van der Waals surface area contributed by atoms with Crippen LogP contribution in [0.3, 0.4) is 0 Å². The molecule has 0 aromatic carbocycles. The Morgan fingerprint density at radius 2 is 1.14 bits per heavy atom. The number of pyridine rings is 2. The highest BCUT2D eigenvalue weighted by Crippen LogP contribution is 2.16. The molecule has 0 atom stereocenters. The minimum Gasteiger partial charge on any atom is -0.373 e. The smallest absolute Gasteiger partial charge is 0.0891 e. The molecule has 0 aliphatic heterocycles. The molecule has 2 heterocycles. The first-order chi connectivity index (χ1) is 10.5. The van der Waals surface area contributed by atoms with E-state index in [1.807, 2.05) is 64.1 Å². The molecule has 0 fully saturated rings. The summed E-state index contributed by atoms with van der Waals surface area (Å²) in [7, 11) is 0. The molecule has 0 unspecified atom stereocenters. The molecule has 0 saturated heterocycles. The second-order valence-corrected chi connectivity index (χ2v) is 5.75. The van der Waals surface area contributed by atoms with Crippen molar-refractivity contribution in [3.8, 4) is 11.4 Å². The normalized spacial score (nSPS) is 11.4. The van der Waals surface area contributed by atoms with Gasteiger partial charge in [-0.1, -0.05) is 12.1 Å². The van der Waals surface area contributed by atoms with Crippen LogP contribution in [0.25, 0.3) is 11.4 Å². The Balaban J connectivity index is 2.13. The van der Waals surface area contributed by atoms with Gasteiger partial charge in [0.25, 0.3) is 0 Å². The highest BCUT2D eigenvalue weighted by molar-refractivity contribution is 5.54. The molecule has 0 spiro atoms. The van der Waals surface area contributed by atoms with E-state index in [1.165, 1.54) is 0 Å². The van der Waals surface area contributed by atoms with Gasteiger partial charge >= 0.3 is 0 Å². The molecule has 0 radical (unpaired) electrons. The standard InChI is InChI=1S/C18H24N2O2/c1-13(2)21-11-15-7-5-9-17(19-15)18-10-6-8-16(20-18)12-22-14(3)4/h5-10,13-14H,11-12H2,1-4H3. The van der Waals surface area contributed by atoms with E-state index in [0.717, 1.165) is 22.8 Å². The molecule has 2 aromatic rings. The van der Waals surface area contributed by atoms with Crippen molar-refractivity contribution in [2.75, 3.05) is 0 Å². The summed E-state index contributed by atoms with van der Waals surface area (Å²) in [5.41, 5.74) is 3.54. The third kappa shape index (κ3) is 5.20. The second-order valence-electron chi connectivity index (χ2n) is 5.75. The lowest BCUT2D eigenvalue weighted by Crippen LogP contribution is -2.05. The molecule has 0 aliphatic carbocycles. The Kier molecular flexibility index (Phi) is 6.04. The van der Waals surface area contributed by atoms with Crippen molar-refractivity contribution in [3.05, 3.63) is 47.8 Å². The van der Waals surface area contributed by atoms with Crippen molar-refractivity contribution >= 4 is 0 Å². The molecule has 2 aromatic heterocycles. The lowest BCUT2D eigenvalue weighted by atomic mass is 10.2. The predicted molar refractivity (Wildman–Crippen MR) is 87.3 cm³/mol. The van der Waals surface area contributed by atoms with Crippen LogP contribution in [0.2, 0.25) is 0 Å². The molecule has 0 saturated carbocycles. The van der Waals surface area contributed by atoms with Crippen LogP contribution in [0.1, 0.15) is 39.1 Å². The van der Waals surface area contributed by atoms with Gasteiger partial charge in [-0.15, -0.1) is 0 Å². The van der Waals surface area contributed by atoms with Crippen LogP contribution >= 0.6 is 0 Å². The van der Waals surface area contributed by atoms with Crippen molar-refractivity contribution < 1.29 is 9.47 Å². The maximum Gasteiger partial charge on any atom is 0.0891 e. The lowest BCUT2D eigenvalue weighted by molar-refractivity contribution is 0.0633. The van der Waals surface area contributed by atoms with Crippen molar-refractivity contribution in [2.24, 2.45) is 0 Å². The molecule has 118 valence electrons. The van der Waals surface area contributed by atoms with Gasteiger partial charge in [0.2, 0.25) is 0 Å². The third-order valence-corrected chi connectivity index (χ3v) is 3.01. The zero-order valence-electron chi connectivity index (χ0n) is 13.7. The number of ether oxygens (including phenoxy) is 2. The topological polar surface area (TPSA) is 44.2 Å². The number of hydrogen-bond donors (Lipinski definition) is 0. The van der Waals surface area contributed by atoms with Gasteiger partial charge in [-0.25, -0.2) is 9.97 Å². The van der Waals surface area contributed by atoms with Crippen LogP contribution in [-0.4, -0.2) is 22.2 Å². The van der Waals surface area contributed by atoms with Crippen LogP contribution < -0.4 is 0 Å². The summed E-state index contributed by atoms with van der Waals surface area (Å²) < 4.78 is 11.2. The van der Waals surface area contributed by atoms with Crippen molar-refractivity contribution in [2.45, 2.75) is 53.1 Å². The Morgan fingerprint density at radius 3 is 1.50 bits per heavy atom. The highest BCUT2D eigenvalue weighted by Gasteiger charge is 2.05. The van der Waals surface area contributed by atoms with Gasteiger partial charge in [0.15, 0.2) is 0 Å². The number of aromatic nitrogens is 2. The van der Waals surface area contributed by atoms with Gasteiger partial charge in [0, 0.05) is 0 Å². The average Bonchev–Trinajstić information content (AvgIpc) is 2.51. The fraction of sp³-hybridized carbons (Fsp3) is 0.444. The van der Waals surface area contributed by atoms with Crippen LogP contribution in [0, 0.1) is 0 Å². The van der Waals surface area contributed by atoms with E-state index in [9.17, 15) is 0 Å². The minimum absolute atomic E-state index is 0.195. The molecule has 0 aliphatic rings. The summed E-state index contributed by atoms with van der Waals surface area (Å²) >= 11 is 0. The second kappa shape index (κ2) is 8.01. The quantitative estimate of drug-likeness (QED) is 0.775. The number of hydrogen-bond acceptors (Lipinski definition) is 4. The summed E-state index contributed by atoms with van der Waals surface area (Å²) in [5.74, 6) is 0. The zero-order valence-corrected chi connectivity index (χ0v) is 13.7. The van der Waals surface area contributed by atoms with E-state index in [0.29, 0.717) is 13.2 Å². The highest BCUT2D eigenvalue weighted by atomic mass is 16.5. The van der Waals surface area contributed by atoms with Gasteiger partial charge < -0.3 is 9.47 Å². The van der Waals surface area contributed by atoms with E-state index in [4.69, 9.17) is 9.47 Å². The van der Waals surface area contributed by atoms with E-state index in [-0.39, 0.29) is 12.2 Å². The molecular formula is C18H24N2O2. The molecular weight excluding hydrogens is 276 g/mol. The van der Waals surface area contributed by atoms with Crippen molar-refractivity contribution in [1.29, 1.82) is 0 Å². The number of rotatable bonds is 7. The van der Waals surface area contributed by atoms with Crippen LogP contribution in [0.15, 0.2) is 36.4 Å². The van der Waals surface area contributed by atoms with E-state index in [1.54, 1.807) is 0 Å². The summed E-state index contributed by atoms with van der Waals surface area (Å²) in [4.78, 5) is 9.25. The van der Waals surface area contributed by atoms with Gasteiger partial charge in [0.05, 0.1) is 48.2 Å². The van der Waals surface area contributed by atoms with E-state index >= 15 is 0 Å². The largest absolute Gasteiger partial charge is 0.373 e. The lowest BCUT2D eigenvalue weighted by Gasteiger charge is -2.10.